The van der Waals surface area contributed by atoms with E-state index >= 15 is 4.39 Å². The number of hydrogen-bond donors (Lipinski definition) is 1. The first-order valence-electron chi connectivity index (χ1n) is 9.39. The molecule has 4 atom stereocenters. The molecule has 0 spiro atoms. The molecule has 1 saturated heterocycles. The molecule has 1 fully saturated rings. The minimum Gasteiger partial charge on any atom is -0.469 e. The summed E-state index contributed by atoms with van der Waals surface area (Å²) in [5.41, 5.74) is 2.72. The maximum atomic E-state index is 15.0. The van der Waals surface area contributed by atoms with E-state index in [0.29, 0.717) is 4.57 Å². The lowest BCUT2D eigenvalue weighted by Gasteiger charge is -2.20. The van der Waals surface area contributed by atoms with Crippen LogP contribution in [0.25, 0.3) is 11.2 Å². The van der Waals surface area contributed by atoms with Crippen LogP contribution in [-0.2, 0) is 30.3 Å². The summed E-state index contributed by atoms with van der Waals surface area (Å²) in [6, 6.07) is 0. The van der Waals surface area contributed by atoms with Gasteiger partial charge in [0.1, 0.15) is 18.2 Å². The fourth-order valence-corrected chi connectivity index (χ4v) is 3.37. The average molecular weight is 501 g/mol. The minimum absolute atomic E-state index is 0.0112. The Bertz CT molecular complexity index is 1160. The molecular weight excluding hydrogens is 484 g/mol. The normalized spacial score (nSPS) is 23.3. The van der Waals surface area contributed by atoms with E-state index in [1.807, 2.05) is 0 Å². The van der Waals surface area contributed by atoms with Gasteiger partial charge < -0.3 is 19.9 Å². The Balaban J connectivity index is 2.18. The number of anilines is 1. The van der Waals surface area contributed by atoms with E-state index < -0.39 is 84.4 Å². The fraction of sp³-hybridized carbons (Fsp3) is 0.588. The molecule has 17 heteroatoms. The summed E-state index contributed by atoms with van der Waals surface area (Å²) < 4.78 is 96.0. The number of imidazole rings is 1. The molecule has 2 N–H and O–H groups in total. The molecule has 0 saturated carbocycles. The molecule has 0 unspecified atom stereocenters. The first-order valence-corrected chi connectivity index (χ1v) is 9.39. The number of nitrogens with zero attached hydrogens (tertiary/aromatic N) is 4. The van der Waals surface area contributed by atoms with Gasteiger partial charge in [-0.15, -0.1) is 0 Å². The van der Waals surface area contributed by atoms with Gasteiger partial charge in [0.05, 0.1) is 19.7 Å². The van der Waals surface area contributed by atoms with Crippen molar-refractivity contribution in [1.82, 2.24) is 19.1 Å². The largest absolute Gasteiger partial charge is 0.469 e. The zero-order chi connectivity index (χ0) is 25.6. The van der Waals surface area contributed by atoms with Gasteiger partial charge in [0.15, 0.2) is 24.2 Å². The third-order valence-corrected chi connectivity index (χ3v) is 4.91. The summed E-state index contributed by atoms with van der Waals surface area (Å²) in [5, 5.41) is 0. The lowest BCUT2D eigenvalue weighted by atomic mass is 10.1. The molecule has 11 nitrogen and oxygen atoms in total. The van der Waals surface area contributed by atoms with Crippen LogP contribution in [-0.4, -0.2) is 68.6 Å². The fourth-order valence-electron chi connectivity index (χ4n) is 3.37. The SMILES string of the molecule is COC(=O)C[C@H]1O[C@@H](n2c(=O)n(CC(F)(F)C(F)(F)F)c3cnc(N)nc32)[C@H](OC(C)=O)[C@@H]1F. The lowest BCUT2D eigenvalue weighted by Crippen LogP contribution is -2.43. The van der Waals surface area contributed by atoms with Crippen LogP contribution in [0.3, 0.4) is 0 Å². The number of nitrogens with two attached hydrogens (primary N) is 1. The molecule has 2 aromatic rings. The molecule has 1 aliphatic rings. The highest BCUT2D eigenvalue weighted by atomic mass is 19.4. The number of hydrogen-bond acceptors (Lipinski definition) is 9. The van der Waals surface area contributed by atoms with Crippen molar-refractivity contribution in [2.75, 3.05) is 12.8 Å². The zero-order valence-corrected chi connectivity index (χ0v) is 17.4. The number of methoxy groups -OCH3 is 1. The summed E-state index contributed by atoms with van der Waals surface area (Å²) in [6.07, 6.45) is -13.6. The van der Waals surface area contributed by atoms with Crippen molar-refractivity contribution < 1.29 is 50.1 Å². The predicted octanol–water partition coefficient (Wildman–Crippen LogP) is 1.10. The predicted molar refractivity (Wildman–Crippen MR) is 98.2 cm³/mol. The molecule has 3 rings (SSSR count). The van der Waals surface area contributed by atoms with Crippen molar-refractivity contribution in [2.45, 2.75) is 56.6 Å². The quantitative estimate of drug-likeness (QED) is 0.455. The van der Waals surface area contributed by atoms with Crippen molar-refractivity contribution in [3.05, 3.63) is 16.7 Å². The molecule has 34 heavy (non-hydrogen) atoms. The second-order valence-corrected chi connectivity index (χ2v) is 7.24. The number of halogens is 6. The summed E-state index contributed by atoms with van der Waals surface area (Å²) in [4.78, 5) is 43.3. The van der Waals surface area contributed by atoms with Crippen LogP contribution >= 0.6 is 0 Å². The van der Waals surface area contributed by atoms with E-state index in [0.717, 1.165) is 20.2 Å². The Morgan fingerprint density at radius 1 is 1.26 bits per heavy atom. The van der Waals surface area contributed by atoms with Gasteiger partial charge >= 0.3 is 29.7 Å². The van der Waals surface area contributed by atoms with Gasteiger partial charge in [-0.3, -0.25) is 14.2 Å². The van der Waals surface area contributed by atoms with Gasteiger partial charge in [-0.1, -0.05) is 0 Å². The molecule has 0 radical (unpaired) electrons. The maximum absolute atomic E-state index is 15.0. The molecule has 188 valence electrons. The standard InChI is InChI=1S/C17H17F6N5O6/c1-6(29)33-11-10(18)8(3-9(30)32-2)34-13(11)28-12-7(4-25-14(24)26-12)27(15(28)31)5-16(19,20)17(21,22)23/h4,8,10-11,13H,3,5H2,1-2H3,(H2,24,25,26)/t8-,10-,11-,13-/m1/s1. The number of fused-ring (bicyclic) bond motifs is 1. The molecule has 0 aliphatic carbocycles. The summed E-state index contributed by atoms with van der Waals surface area (Å²) in [5.74, 6) is -7.82. The van der Waals surface area contributed by atoms with Gasteiger partial charge in [-0.2, -0.15) is 26.9 Å². The van der Waals surface area contributed by atoms with Crippen LogP contribution in [0.1, 0.15) is 19.6 Å². The number of ether oxygens (including phenoxy) is 3. The lowest BCUT2D eigenvalue weighted by molar-refractivity contribution is -0.286. The highest BCUT2D eigenvalue weighted by molar-refractivity contribution is 5.72. The van der Waals surface area contributed by atoms with Crippen LogP contribution in [0.5, 0.6) is 0 Å². The molecule has 2 aromatic heterocycles. The second-order valence-electron chi connectivity index (χ2n) is 7.24. The van der Waals surface area contributed by atoms with Crippen molar-refractivity contribution in [3.63, 3.8) is 0 Å². The first-order chi connectivity index (χ1) is 15.7. The Kier molecular flexibility index (Phi) is 6.51. The number of aromatic nitrogens is 4. The highest BCUT2D eigenvalue weighted by Crippen LogP contribution is 2.39. The zero-order valence-electron chi connectivity index (χ0n) is 17.4. The van der Waals surface area contributed by atoms with Crippen LogP contribution < -0.4 is 11.4 Å². The van der Waals surface area contributed by atoms with Gasteiger partial charge in [0.25, 0.3) is 0 Å². The topological polar surface area (TPSA) is 141 Å². The third-order valence-electron chi connectivity index (χ3n) is 4.91. The van der Waals surface area contributed by atoms with Crippen LogP contribution in [0.2, 0.25) is 0 Å². The third kappa shape index (κ3) is 4.51. The second kappa shape index (κ2) is 8.77. The van der Waals surface area contributed by atoms with E-state index in [-0.39, 0.29) is 4.57 Å². The number of rotatable bonds is 6. The van der Waals surface area contributed by atoms with Crippen LogP contribution in [0.4, 0.5) is 32.3 Å². The minimum atomic E-state index is -6.00. The Morgan fingerprint density at radius 2 is 1.91 bits per heavy atom. The maximum Gasteiger partial charge on any atom is 0.455 e. The average Bonchev–Trinajstić information content (AvgIpc) is 3.14. The van der Waals surface area contributed by atoms with Gasteiger partial charge in [-0.05, 0) is 0 Å². The van der Waals surface area contributed by atoms with Gasteiger partial charge in [0.2, 0.25) is 5.95 Å². The van der Waals surface area contributed by atoms with Crippen molar-refractivity contribution >= 4 is 29.1 Å². The Labute approximate surface area is 185 Å². The van der Waals surface area contributed by atoms with Crippen LogP contribution in [0.15, 0.2) is 11.0 Å². The Hall–Kier alpha value is -3.37. The Morgan fingerprint density at radius 3 is 2.47 bits per heavy atom. The molecule has 3 heterocycles. The van der Waals surface area contributed by atoms with Gasteiger partial charge in [0, 0.05) is 6.92 Å². The van der Waals surface area contributed by atoms with E-state index in [1.165, 1.54) is 0 Å². The van der Waals surface area contributed by atoms with E-state index in [2.05, 4.69) is 14.7 Å². The molecular formula is C17H17F6N5O6. The van der Waals surface area contributed by atoms with Crippen molar-refractivity contribution in [3.8, 4) is 0 Å². The number of esters is 2. The number of carbonyl (C=O) groups excluding carboxylic acids is 2. The summed E-state index contributed by atoms with van der Waals surface area (Å²) >= 11 is 0. The first kappa shape index (κ1) is 25.3. The summed E-state index contributed by atoms with van der Waals surface area (Å²) in [7, 11) is 1.00. The monoisotopic (exact) mass is 501 g/mol. The number of alkyl halides is 6. The van der Waals surface area contributed by atoms with Crippen molar-refractivity contribution in [2.24, 2.45) is 0 Å². The highest BCUT2D eigenvalue weighted by Gasteiger charge is 2.58. The molecule has 0 bridgehead atoms. The van der Waals surface area contributed by atoms with Crippen LogP contribution in [0, 0.1) is 0 Å². The molecule has 1 aliphatic heterocycles. The number of carbonyl (C=O) groups is 2. The van der Waals surface area contributed by atoms with E-state index in [9.17, 15) is 36.3 Å². The molecule has 0 aromatic carbocycles. The van der Waals surface area contributed by atoms with Gasteiger partial charge in [-0.25, -0.2) is 18.7 Å². The summed E-state index contributed by atoms with van der Waals surface area (Å²) in [6.45, 7) is -1.27. The van der Waals surface area contributed by atoms with E-state index in [4.69, 9.17) is 15.2 Å². The smallest absolute Gasteiger partial charge is 0.455 e. The van der Waals surface area contributed by atoms with Crippen molar-refractivity contribution in [1.29, 1.82) is 0 Å². The number of nitrogen functional groups attached to an aromatic ring is 1. The molecule has 0 amide bonds. The van der Waals surface area contributed by atoms with E-state index in [1.54, 1.807) is 0 Å².